The first-order chi connectivity index (χ1) is 10.0. The van der Waals surface area contributed by atoms with Crippen LogP contribution < -0.4 is 16.6 Å². The summed E-state index contributed by atoms with van der Waals surface area (Å²) in [5, 5.41) is 0. The molecule has 0 fully saturated rings. The second-order valence-electron chi connectivity index (χ2n) is 4.81. The number of nitrogens with zero attached hydrogens (tertiary/aromatic N) is 2. The van der Waals surface area contributed by atoms with Gasteiger partial charge in [0.1, 0.15) is 17.9 Å². The largest absolute Gasteiger partial charge is 0.397 e. The normalized spacial score (nSPS) is 10.6. The second-order valence-corrected chi connectivity index (χ2v) is 4.81. The summed E-state index contributed by atoms with van der Waals surface area (Å²) in [6, 6.07) is 5.49. The molecular formula is C14H19N5O2. The van der Waals surface area contributed by atoms with Crippen LogP contribution in [-0.2, 0) is 22.6 Å². The van der Waals surface area contributed by atoms with Gasteiger partial charge in [-0.15, -0.1) is 0 Å². The lowest BCUT2D eigenvalue weighted by Gasteiger charge is -2.09. The van der Waals surface area contributed by atoms with Gasteiger partial charge in [0.05, 0.1) is 11.2 Å². The van der Waals surface area contributed by atoms with Crippen molar-refractivity contribution in [1.82, 2.24) is 20.4 Å². The molecule has 7 nitrogen and oxygen atoms in total. The quantitative estimate of drug-likeness (QED) is 0.570. The fourth-order valence-electron chi connectivity index (χ4n) is 2.15. The summed E-state index contributed by atoms with van der Waals surface area (Å²) < 4.78 is 1.83. The van der Waals surface area contributed by atoms with Crippen LogP contribution in [0.15, 0.2) is 18.2 Å². The summed E-state index contributed by atoms with van der Waals surface area (Å²) in [5.74, 6) is 0.171. The summed E-state index contributed by atoms with van der Waals surface area (Å²) in [7, 11) is 0. The molecule has 1 heterocycles. The van der Waals surface area contributed by atoms with E-state index < -0.39 is 0 Å². The van der Waals surface area contributed by atoms with Crippen molar-refractivity contribution in [3.63, 3.8) is 0 Å². The molecule has 0 radical (unpaired) electrons. The third-order valence-electron chi connectivity index (χ3n) is 3.04. The van der Waals surface area contributed by atoms with Crippen LogP contribution in [0.5, 0.6) is 0 Å². The zero-order valence-electron chi connectivity index (χ0n) is 12.1. The molecule has 0 spiro atoms. The van der Waals surface area contributed by atoms with Gasteiger partial charge >= 0.3 is 0 Å². The highest BCUT2D eigenvalue weighted by molar-refractivity contribution is 5.89. The number of anilines is 1. The predicted molar refractivity (Wildman–Crippen MR) is 80.1 cm³/mol. The molecule has 0 aliphatic carbocycles. The standard InChI is InChI=1S/C14H19N5O2/c1-3-5-12-16-14-10(15)6-4-7-11(14)19(12)8-13(21)18-17-9(2)20/h4,6-7H,3,5,8,15H2,1-2H3,(H,17,20)(H,18,21). The van der Waals surface area contributed by atoms with E-state index in [1.54, 1.807) is 6.07 Å². The Labute approximate surface area is 122 Å². The Balaban J connectivity index is 2.32. The molecule has 7 heteroatoms. The highest BCUT2D eigenvalue weighted by Gasteiger charge is 2.14. The summed E-state index contributed by atoms with van der Waals surface area (Å²) in [4.78, 5) is 27.2. The van der Waals surface area contributed by atoms with Crippen molar-refractivity contribution in [2.75, 3.05) is 5.73 Å². The Morgan fingerprint density at radius 3 is 2.76 bits per heavy atom. The van der Waals surface area contributed by atoms with Crippen LogP contribution in [0.1, 0.15) is 26.1 Å². The van der Waals surface area contributed by atoms with Crippen LogP contribution in [0.2, 0.25) is 0 Å². The molecule has 112 valence electrons. The minimum Gasteiger partial charge on any atom is -0.397 e. The van der Waals surface area contributed by atoms with Gasteiger partial charge in [-0.2, -0.15) is 0 Å². The average molecular weight is 289 g/mol. The van der Waals surface area contributed by atoms with Gasteiger partial charge in [-0.3, -0.25) is 20.4 Å². The summed E-state index contributed by atoms with van der Waals surface area (Å²) >= 11 is 0. The number of fused-ring (bicyclic) bond motifs is 1. The van der Waals surface area contributed by atoms with E-state index in [9.17, 15) is 9.59 Å². The van der Waals surface area contributed by atoms with Crippen LogP contribution >= 0.6 is 0 Å². The van der Waals surface area contributed by atoms with E-state index in [4.69, 9.17) is 5.73 Å². The molecule has 2 rings (SSSR count). The van der Waals surface area contributed by atoms with E-state index in [1.807, 2.05) is 23.6 Å². The molecule has 0 saturated carbocycles. The van der Waals surface area contributed by atoms with Gasteiger partial charge in [-0.05, 0) is 18.6 Å². The Hall–Kier alpha value is -2.57. The van der Waals surface area contributed by atoms with Gasteiger partial charge in [0.15, 0.2) is 0 Å². The highest BCUT2D eigenvalue weighted by Crippen LogP contribution is 2.22. The number of hydrogen-bond donors (Lipinski definition) is 3. The van der Waals surface area contributed by atoms with Crippen molar-refractivity contribution in [3.05, 3.63) is 24.0 Å². The number of aryl methyl sites for hydroxylation is 1. The number of nitrogens with one attached hydrogen (secondary N) is 2. The minimum absolute atomic E-state index is 0.0789. The minimum atomic E-state index is -0.322. The summed E-state index contributed by atoms with van der Waals surface area (Å²) in [5.41, 5.74) is 12.7. The number of benzene rings is 1. The van der Waals surface area contributed by atoms with Crippen LogP contribution in [-0.4, -0.2) is 21.4 Å². The van der Waals surface area contributed by atoms with Crippen molar-refractivity contribution in [2.45, 2.75) is 33.2 Å². The summed E-state index contributed by atoms with van der Waals surface area (Å²) in [6.45, 7) is 3.45. The molecule has 0 saturated heterocycles. The number of para-hydroxylation sites is 1. The first-order valence-electron chi connectivity index (χ1n) is 6.82. The molecule has 2 amide bonds. The smallest absolute Gasteiger partial charge is 0.258 e. The predicted octanol–water partition coefficient (Wildman–Crippen LogP) is 0.738. The van der Waals surface area contributed by atoms with E-state index in [-0.39, 0.29) is 18.4 Å². The third kappa shape index (κ3) is 3.31. The number of carbonyl (C=O) groups excluding carboxylic acids is 2. The number of hydrogen-bond acceptors (Lipinski definition) is 4. The SMILES string of the molecule is CCCc1nc2c(N)cccc2n1CC(=O)NNC(C)=O. The topological polar surface area (TPSA) is 102 Å². The fourth-order valence-corrected chi connectivity index (χ4v) is 2.15. The van der Waals surface area contributed by atoms with Crippen molar-refractivity contribution < 1.29 is 9.59 Å². The van der Waals surface area contributed by atoms with E-state index in [2.05, 4.69) is 15.8 Å². The molecule has 0 aliphatic heterocycles. The zero-order valence-corrected chi connectivity index (χ0v) is 12.1. The van der Waals surface area contributed by atoms with E-state index in [0.29, 0.717) is 11.2 Å². The fraction of sp³-hybridized carbons (Fsp3) is 0.357. The monoisotopic (exact) mass is 289 g/mol. The lowest BCUT2D eigenvalue weighted by Crippen LogP contribution is -2.42. The second kappa shape index (κ2) is 6.25. The molecule has 2 aromatic rings. The first kappa shape index (κ1) is 14.8. The Bertz CT molecular complexity index is 677. The van der Waals surface area contributed by atoms with E-state index in [0.717, 1.165) is 24.2 Å². The van der Waals surface area contributed by atoms with Gasteiger partial charge in [0, 0.05) is 13.3 Å². The van der Waals surface area contributed by atoms with Crippen LogP contribution in [0.3, 0.4) is 0 Å². The van der Waals surface area contributed by atoms with Crippen molar-refractivity contribution in [2.24, 2.45) is 0 Å². The molecule has 21 heavy (non-hydrogen) atoms. The van der Waals surface area contributed by atoms with Gasteiger partial charge in [0.2, 0.25) is 5.91 Å². The Kier molecular flexibility index (Phi) is 4.42. The molecular weight excluding hydrogens is 270 g/mol. The number of nitrogen functional groups attached to an aromatic ring is 1. The zero-order chi connectivity index (χ0) is 15.4. The van der Waals surface area contributed by atoms with Gasteiger partial charge in [-0.25, -0.2) is 4.98 Å². The molecule has 0 aliphatic rings. The molecule has 0 unspecified atom stereocenters. The van der Waals surface area contributed by atoms with Crippen molar-refractivity contribution in [1.29, 1.82) is 0 Å². The molecule has 1 aromatic heterocycles. The third-order valence-corrected chi connectivity index (χ3v) is 3.04. The van der Waals surface area contributed by atoms with Crippen molar-refractivity contribution >= 4 is 28.5 Å². The average Bonchev–Trinajstić information content (AvgIpc) is 2.77. The van der Waals surface area contributed by atoms with Gasteiger partial charge < -0.3 is 10.3 Å². The van der Waals surface area contributed by atoms with E-state index in [1.165, 1.54) is 6.92 Å². The number of rotatable bonds is 4. The Morgan fingerprint density at radius 1 is 1.33 bits per heavy atom. The number of hydrazine groups is 1. The van der Waals surface area contributed by atoms with Crippen LogP contribution in [0.4, 0.5) is 5.69 Å². The lowest BCUT2D eigenvalue weighted by molar-refractivity contribution is -0.128. The Morgan fingerprint density at radius 2 is 2.10 bits per heavy atom. The molecule has 0 atom stereocenters. The maximum Gasteiger partial charge on any atom is 0.258 e. The number of carbonyl (C=O) groups is 2. The van der Waals surface area contributed by atoms with Crippen molar-refractivity contribution in [3.8, 4) is 0 Å². The summed E-state index contributed by atoms with van der Waals surface area (Å²) in [6.07, 6.45) is 1.66. The maximum atomic E-state index is 11.9. The molecule has 1 aromatic carbocycles. The van der Waals surface area contributed by atoms with E-state index >= 15 is 0 Å². The molecule has 0 bridgehead atoms. The lowest BCUT2D eigenvalue weighted by atomic mass is 10.2. The first-order valence-corrected chi connectivity index (χ1v) is 6.82. The highest BCUT2D eigenvalue weighted by atomic mass is 16.2. The van der Waals surface area contributed by atoms with Gasteiger partial charge in [-0.1, -0.05) is 13.0 Å². The van der Waals surface area contributed by atoms with Crippen LogP contribution in [0.25, 0.3) is 11.0 Å². The number of amides is 2. The number of imidazole rings is 1. The van der Waals surface area contributed by atoms with Crippen LogP contribution in [0, 0.1) is 0 Å². The maximum absolute atomic E-state index is 11.9. The number of aromatic nitrogens is 2. The number of nitrogens with two attached hydrogens (primary N) is 1. The van der Waals surface area contributed by atoms with Gasteiger partial charge in [0.25, 0.3) is 5.91 Å². The molecule has 4 N–H and O–H groups in total.